The minimum absolute atomic E-state index is 0.00112. The van der Waals surface area contributed by atoms with Gasteiger partial charge in [-0.2, -0.15) is 0 Å². The van der Waals surface area contributed by atoms with Gasteiger partial charge < -0.3 is 15.1 Å². The Hall–Kier alpha value is -1.63. The van der Waals surface area contributed by atoms with Crippen LogP contribution < -0.4 is 5.32 Å². The quantitative estimate of drug-likeness (QED) is 0.764. The summed E-state index contributed by atoms with van der Waals surface area (Å²) in [7, 11) is 0. The van der Waals surface area contributed by atoms with Gasteiger partial charge in [-0.3, -0.25) is 19.3 Å². The van der Waals surface area contributed by atoms with Crippen molar-refractivity contribution in [2.45, 2.75) is 52.0 Å². The van der Waals surface area contributed by atoms with Crippen LogP contribution in [0.3, 0.4) is 0 Å². The van der Waals surface area contributed by atoms with Gasteiger partial charge in [0.05, 0.1) is 13.1 Å². The maximum atomic E-state index is 12.9. The van der Waals surface area contributed by atoms with Gasteiger partial charge in [-0.05, 0) is 37.5 Å². The van der Waals surface area contributed by atoms with E-state index in [2.05, 4.69) is 19.2 Å². The zero-order valence-corrected chi connectivity index (χ0v) is 16.8. The molecule has 0 unspecified atom stereocenters. The summed E-state index contributed by atoms with van der Waals surface area (Å²) in [4.78, 5) is 42.9. The average Bonchev–Trinajstić information content (AvgIpc) is 2.65. The fraction of sp³-hybridized carbons (Fsp3) is 0.850. The van der Waals surface area contributed by atoms with E-state index < -0.39 is 0 Å². The highest BCUT2D eigenvalue weighted by Gasteiger charge is 2.39. The lowest BCUT2D eigenvalue weighted by molar-refractivity contribution is -0.143. The average molecular weight is 379 g/mol. The highest BCUT2D eigenvalue weighted by molar-refractivity contribution is 5.82. The van der Waals surface area contributed by atoms with Gasteiger partial charge in [0.15, 0.2) is 0 Å². The third-order valence-corrected chi connectivity index (χ3v) is 6.15. The molecule has 0 aromatic rings. The molecule has 0 aliphatic carbocycles. The molecule has 3 rings (SSSR count). The molecule has 0 aromatic carbocycles. The molecule has 1 N–H and O–H groups in total. The molecule has 0 saturated carbocycles. The Labute approximate surface area is 162 Å². The molecular formula is C20H34N4O3. The highest BCUT2D eigenvalue weighted by atomic mass is 16.2. The van der Waals surface area contributed by atoms with Gasteiger partial charge in [-0.1, -0.05) is 13.8 Å². The number of carbonyl (C=O) groups excluding carboxylic acids is 3. The molecule has 7 heteroatoms. The molecule has 3 saturated heterocycles. The zero-order chi connectivity index (χ0) is 19.4. The molecule has 0 radical (unpaired) electrons. The van der Waals surface area contributed by atoms with E-state index in [-0.39, 0.29) is 23.8 Å². The number of piperidine rings is 2. The molecule has 0 bridgehead atoms. The first-order valence-electron chi connectivity index (χ1n) is 10.5. The fourth-order valence-electron chi connectivity index (χ4n) is 4.62. The molecule has 0 spiro atoms. The summed E-state index contributed by atoms with van der Waals surface area (Å²) in [5.41, 5.74) is 0. The Kier molecular flexibility index (Phi) is 6.73. The maximum Gasteiger partial charge on any atom is 0.237 e. The van der Waals surface area contributed by atoms with E-state index in [1.807, 2.05) is 14.7 Å². The van der Waals surface area contributed by atoms with Crippen LogP contribution in [0.5, 0.6) is 0 Å². The third kappa shape index (κ3) is 5.21. The number of nitrogens with zero attached hydrogens (tertiary/aromatic N) is 3. The summed E-state index contributed by atoms with van der Waals surface area (Å²) in [5, 5.41) is 2.80. The number of hydrogen-bond donors (Lipinski definition) is 1. The van der Waals surface area contributed by atoms with E-state index >= 15 is 0 Å². The molecule has 3 aliphatic heterocycles. The van der Waals surface area contributed by atoms with Crippen molar-refractivity contribution in [1.29, 1.82) is 0 Å². The number of carbonyl (C=O) groups is 3. The predicted octanol–water partition coefficient (Wildman–Crippen LogP) is 0.694. The second-order valence-corrected chi connectivity index (χ2v) is 8.68. The van der Waals surface area contributed by atoms with Crippen molar-refractivity contribution in [2.75, 3.05) is 45.8 Å². The molecule has 27 heavy (non-hydrogen) atoms. The van der Waals surface area contributed by atoms with Crippen LogP contribution in [0.2, 0.25) is 0 Å². The lowest BCUT2D eigenvalue weighted by Crippen LogP contribution is -2.59. The normalized spacial score (nSPS) is 26.7. The van der Waals surface area contributed by atoms with E-state index in [0.717, 1.165) is 51.9 Å². The van der Waals surface area contributed by atoms with Crippen molar-refractivity contribution in [2.24, 2.45) is 11.8 Å². The molecule has 3 heterocycles. The summed E-state index contributed by atoms with van der Waals surface area (Å²) >= 11 is 0. The lowest BCUT2D eigenvalue weighted by atomic mass is 9.83. The summed E-state index contributed by atoms with van der Waals surface area (Å²) in [6.45, 7) is 8.64. The van der Waals surface area contributed by atoms with Gasteiger partial charge in [0, 0.05) is 45.2 Å². The Balaban J connectivity index is 1.53. The zero-order valence-electron chi connectivity index (χ0n) is 16.8. The smallest absolute Gasteiger partial charge is 0.237 e. The van der Waals surface area contributed by atoms with Crippen molar-refractivity contribution in [3.8, 4) is 0 Å². The standard InChI is InChI=1S/C20H34N4O3/c1-15(2)5-6-19(26)23-10-7-17-16(12-23)4-3-9-24(17)20(27)14-22-11-8-21-18(25)13-22/h15-17H,3-14H2,1-2H3,(H,21,25)/t16-,17+/m0/s1. The first-order chi connectivity index (χ1) is 12.9. The van der Waals surface area contributed by atoms with Crippen molar-refractivity contribution in [3.63, 3.8) is 0 Å². The van der Waals surface area contributed by atoms with Gasteiger partial charge in [-0.25, -0.2) is 0 Å². The molecule has 0 aromatic heterocycles. The summed E-state index contributed by atoms with van der Waals surface area (Å²) < 4.78 is 0. The number of amides is 3. The number of piperazine rings is 1. The van der Waals surface area contributed by atoms with Crippen LogP contribution in [0.1, 0.15) is 46.0 Å². The first kappa shape index (κ1) is 20.1. The van der Waals surface area contributed by atoms with Gasteiger partial charge in [0.25, 0.3) is 0 Å². The summed E-state index contributed by atoms with van der Waals surface area (Å²) in [6.07, 6.45) is 4.55. The molecule has 2 atom stereocenters. The number of rotatable bonds is 5. The van der Waals surface area contributed by atoms with E-state index in [1.54, 1.807) is 0 Å². The summed E-state index contributed by atoms with van der Waals surface area (Å²) in [6, 6.07) is 0.249. The minimum Gasteiger partial charge on any atom is -0.354 e. The van der Waals surface area contributed by atoms with Crippen LogP contribution in [0, 0.1) is 11.8 Å². The van der Waals surface area contributed by atoms with E-state index in [4.69, 9.17) is 0 Å². The van der Waals surface area contributed by atoms with Crippen molar-refractivity contribution < 1.29 is 14.4 Å². The summed E-state index contributed by atoms with van der Waals surface area (Å²) in [5.74, 6) is 1.35. The molecule has 7 nitrogen and oxygen atoms in total. The number of nitrogens with one attached hydrogen (secondary N) is 1. The molecule has 3 amide bonds. The molecule has 3 fully saturated rings. The Morgan fingerprint density at radius 1 is 1.15 bits per heavy atom. The molecule has 152 valence electrons. The van der Waals surface area contributed by atoms with Gasteiger partial charge in [0.2, 0.25) is 17.7 Å². The third-order valence-electron chi connectivity index (χ3n) is 6.15. The Morgan fingerprint density at radius 3 is 2.70 bits per heavy atom. The number of hydrogen-bond acceptors (Lipinski definition) is 4. The van der Waals surface area contributed by atoms with E-state index in [0.29, 0.717) is 37.9 Å². The van der Waals surface area contributed by atoms with Gasteiger partial charge >= 0.3 is 0 Å². The van der Waals surface area contributed by atoms with Crippen LogP contribution in [-0.4, -0.2) is 84.3 Å². The van der Waals surface area contributed by atoms with Gasteiger partial charge in [0.1, 0.15) is 0 Å². The monoisotopic (exact) mass is 378 g/mol. The fourth-order valence-corrected chi connectivity index (χ4v) is 4.62. The lowest BCUT2D eigenvalue weighted by Gasteiger charge is -2.47. The second-order valence-electron chi connectivity index (χ2n) is 8.68. The van der Waals surface area contributed by atoms with Crippen LogP contribution in [0.15, 0.2) is 0 Å². The van der Waals surface area contributed by atoms with E-state index in [1.165, 1.54) is 0 Å². The number of likely N-dealkylation sites (tertiary alicyclic amines) is 2. The van der Waals surface area contributed by atoms with Gasteiger partial charge in [-0.15, -0.1) is 0 Å². The van der Waals surface area contributed by atoms with E-state index in [9.17, 15) is 14.4 Å². The second kappa shape index (κ2) is 9.04. The van der Waals surface area contributed by atoms with Crippen LogP contribution in [-0.2, 0) is 14.4 Å². The highest BCUT2D eigenvalue weighted by Crippen LogP contribution is 2.31. The van der Waals surface area contributed by atoms with Crippen molar-refractivity contribution in [3.05, 3.63) is 0 Å². The van der Waals surface area contributed by atoms with Crippen LogP contribution >= 0.6 is 0 Å². The predicted molar refractivity (Wildman–Crippen MR) is 103 cm³/mol. The number of fused-ring (bicyclic) bond motifs is 1. The molecule has 3 aliphatic rings. The molecular weight excluding hydrogens is 344 g/mol. The maximum absolute atomic E-state index is 12.9. The van der Waals surface area contributed by atoms with Crippen molar-refractivity contribution >= 4 is 17.7 Å². The SMILES string of the molecule is CC(C)CCC(=O)N1CC[C@@H]2[C@@H](CCCN2C(=O)CN2CCNC(=O)C2)C1. The Morgan fingerprint density at radius 2 is 1.96 bits per heavy atom. The van der Waals surface area contributed by atoms with Crippen molar-refractivity contribution in [1.82, 2.24) is 20.0 Å². The largest absolute Gasteiger partial charge is 0.354 e. The Bertz CT molecular complexity index is 565. The van der Waals surface area contributed by atoms with Crippen LogP contribution in [0.25, 0.3) is 0 Å². The topological polar surface area (TPSA) is 73.0 Å². The first-order valence-corrected chi connectivity index (χ1v) is 10.5. The minimum atomic E-state index is -0.00112. The van der Waals surface area contributed by atoms with Crippen LogP contribution in [0.4, 0.5) is 0 Å².